The van der Waals surface area contributed by atoms with Gasteiger partial charge in [-0.25, -0.2) is 10.2 Å². The fraction of sp³-hybridized carbons (Fsp3) is 0.211. The SMILES string of the molecule is CCOC(=O)COc1ccccc1/C=N/NC(=O)c1ccc(OC)cc1. The third-order valence-corrected chi connectivity index (χ3v) is 3.29. The van der Waals surface area contributed by atoms with Crippen LogP contribution in [-0.4, -0.2) is 38.4 Å². The van der Waals surface area contributed by atoms with E-state index >= 15 is 0 Å². The van der Waals surface area contributed by atoms with Crippen LogP contribution < -0.4 is 14.9 Å². The molecular formula is C19H20N2O5. The lowest BCUT2D eigenvalue weighted by atomic mass is 10.2. The number of nitrogens with one attached hydrogen (secondary N) is 1. The monoisotopic (exact) mass is 356 g/mol. The predicted octanol–water partition coefficient (Wildman–Crippen LogP) is 2.40. The number of rotatable bonds is 8. The number of methoxy groups -OCH3 is 1. The zero-order valence-electron chi connectivity index (χ0n) is 14.6. The number of amides is 1. The summed E-state index contributed by atoms with van der Waals surface area (Å²) in [5, 5.41) is 3.93. The number of nitrogens with zero attached hydrogens (tertiary/aromatic N) is 1. The molecule has 0 aliphatic carbocycles. The summed E-state index contributed by atoms with van der Waals surface area (Å²) in [7, 11) is 1.56. The van der Waals surface area contributed by atoms with Crippen molar-refractivity contribution in [2.45, 2.75) is 6.92 Å². The van der Waals surface area contributed by atoms with Gasteiger partial charge in [-0.05, 0) is 43.3 Å². The normalized spacial score (nSPS) is 10.4. The molecule has 7 nitrogen and oxygen atoms in total. The minimum absolute atomic E-state index is 0.198. The van der Waals surface area contributed by atoms with E-state index in [4.69, 9.17) is 14.2 Å². The predicted molar refractivity (Wildman–Crippen MR) is 96.6 cm³/mol. The second kappa shape index (κ2) is 9.83. The van der Waals surface area contributed by atoms with Crippen molar-refractivity contribution < 1.29 is 23.8 Å². The Morgan fingerprint density at radius 1 is 1.12 bits per heavy atom. The van der Waals surface area contributed by atoms with Gasteiger partial charge in [0.05, 0.1) is 19.9 Å². The van der Waals surface area contributed by atoms with Crippen LogP contribution in [0.1, 0.15) is 22.8 Å². The van der Waals surface area contributed by atoms with Crippen molar-refractivity contribution in [1.82, 2.24) is 5.43 Å². The van der Waals surface area contributed by atoms with E-state index in [-0.39, 0.29) is 12.5 Å². The Balaban J connectivity index is 1.96. The van der Waals surface area contributed by atoms with Gasteiger partial charge in [0, 0.05) is 11.1 Å². The largest absolute Gasteiger partial charge is 0.497 e. The number of hydrazone groups is 1. The number of carbonyl (C=O) groups excluding carboxylic acids is 2. The van der Waals surface area contributed by atoms with Gasteiger partial charge < -0.3 is 14.2 Å². The van der Waals surface area contributed by atoms with Crippen LogP contribution in [0, 0.1) is 0 Å². The highest BCUT2D eigenvalue weighted by molar-refractivity contribution is 5.95. The maximum Gasteiger partial charge on any atom is 0.344 e. The third kappa shape index (κ3) is 5.62. The summed E-state index contributed by atoms with van der Waals surface area (Å²) in [6.45, 7) is 1.82. The van der Waals surface area contributed by atoms with Gasteiger partial charge in [-0.15, -0.1) is 0 Å². The van der Waals surface area contributed by atoms with E-state index in [9.17, 15) is 9.59 Å². The molecule has 2 aromatic carbocycles. The summed E-state index contributed by atoms with van der Waals surface area (Å²) in [5.74, 6) is 0.321. The van der Waals surface area contributed by atoms with Crippen LogP contribution in [0.2, 0.25) is 0 Å². The molecule has 0 spiro atoms. The Bertz CT molecular complexity index is 772. The molecule has 2 rings (SSSR count). The Hall–Kier alpha value is -3.35. The first-order chi connectivity index (χ1) is 12.6. The van der Waals surface area contributed by atoms with E-state index in [2.05, 4.69) is 10.5 Å². The van der Waals surface area contributed by atoms with E-state index in [0.717, 1.165) is 0 Å². The number of benzene rings is 2. The van der Waals surface area contributed by atoms with Crippen LogP contribution in [0.15, 0.2) is 53.6 Å². The molecule has 26 heavy (non-hydrogen) atoms. The van der Waals surface area contributed by atoms with E-state index in [1.54, 1.807) is 62.6 Å². The Morgan fingerprint density at radius 3 is 2.54 bits per heavy atom. The molecule has 2 aromatic rings. The number of para-hydroxylation sites is 1. The summed E-state index contributed by atoms with van der Waals surface area (Å²) < 4.78 is 15.3. The van der Waals surface area contributed by atoms with Gasteiger partial charge in [0.1, 0.15) is 11.5 Å². The fourth-order valence-electron chi connectivity index (χ4n) is 2.03. The van der Waals surface area contributed by atoms with Crippen molar-refractivity contribution in [3.63, 3.8) is 0 Å². The van der Waals surface area contributed by atoms with Crippen LogP contribution in [0.4, 0.5) is 0 Å². The molecule has 0 aliphatic heterocycles. The molecule has 0 aliphatic rings. The van der Waals surface area contributed by atoms with Gasteiger partial charge in [0.15, 0.2) is 6.61 Å². The highest BCUT2D eigenvalue weighted by Gasteiger charge is 2.07. The molecule has 136 valence electrons. The molecular weight excluding hydrogens is 336 g/mol. The lowest BCUT2D eigenvalue weighted by Gasteiger charge is -2.08. The van der Waals surface area contributed by atoms with Crippen molar-refractivity contribution >= 4 is 18.1 Å². The van der Waals surface area contributed by atoms with Crippen LogP contribution in [0.5, 0.6) is 11.5 Å². The van der Waals surface area contributed by atoms with Crippen molar-refractivity contribution in [2.75, 3.05) is 20.3 Å². The topological polar surface area (TPSA) is 86.2 Å². The van der Waals surface area contributed by atoms with E-state index < -0.39 is 5.97 Å². The van der Waals surface area contributed by atoms with Crippen molar-refractivity contribution in [2.24, 2.45) is 5.10 Å². The van der Waals surface area contributed by atoms with E-state index in [1.165, 1.54) is 6.21 Å². The van der Waals surface area contributed by atoms with E-state index in [0.29, 0.717) is 29.2 Å². The van der Waals surface area contributed by atoms with Crippen LogP contribution in [0.25, 0.3) is 0 Å². The molecule has 0 bridgehead atoms. The highest BCUT2D eigenvalue weighted by Crippen LogP contribution is 2.16. The maximum absolute atomic E-state index is 12.0. The maximum atomic E-state index is 12.0. The first-order valence-corrected chi connectivity index (χ1v) is 7.99. The fourth-order valence-corrected chi connectivity index (χ4v) is 2.03. The molecule has 0 atom stereocenters. The first kappa shape index (κ1) is 19.0. The quantitative estimate of drug-likeness (QED) is 0.446. The molecule has 1 N–H and O–H groups in total. The molecule has 0 radical (unpaired) electrons. The van der Waals surface area contributed by atoms with Crippen molar-refractivity contribution in [1.29, 1.82) is 0 Å². The average molecular weight is 356 g/mol. The molecule has 0 fully saturated rings. The van der Waals surface area contributed by atoms with E-state index in [1.807, 2.05) is 0 Å². The first-order valence-electron chi connectivity index (χ1n) is 7.99. The second-order valence-corrected chi connectivity index (χ2v) is 5.06. The molecule has 0 saturated carbocycles. The van der Waals surface area contributed by atoms with Crippen LogP contribution in [-0.2, 0) is 9.53 Å². The summed E-state index contributed by atoms with van der Waals surface area (Å²) in [5.41, 5.74) is 3.51. The number of esters is 1. The number of hydrogen-bond acceptors (Lipinski definition) is 6. The second-order valence-electron chi connectivity index (χ2n) is 5.06. The zero-order chi connectivity index (χ0) is 18.8. The summed E-state index contributed by atoms with van der Waals surface area (Å²) in [6.07, 6.45) is 1.45. The zero-order valence-corrected chi connectivity index (χ0v) is 14.6. The van der Waals surface area contributed by atoms with Gasteiger partial charge in [-0.2, -0.15) is 5.10 Å². The molecule has 7 heteroatoms. The number of ether oxygens (including phenoxy) is 3. The highest BCUT2D eigenvalue weighted by atomic mass is 16.6. The molecule has 0 aromatic heterocycles. The number of hydrogen-bond donors (Lipinski definition) is 1. The lowest BCUT2D eigenvalue weighted by molar-refractivity contribution is -0.145. The average Bonchev–Trinajstić information content (AvgIpc) is 2.67. The van der Waals surface area contributed by atoms with Gasteiger partial charge >= 0.3 is 5.97 Å². The molecule has 0 saturated heterocycles. The minimum atomic E-state index is -0.452. The number of carbonyl (C=O) groups is 2. The third-order valence-electron chi connectivity index (χ3n) is 3.29. The lowest BCUT2D eigenvalue weighted by Crippen LogP contribution is -2.18. The minimum Gasteiger partial charge on any atom is -0.497 e. The Kier molecular flexibility index (Phi) is 7.17. The molecule has 1 amide bonds. The Morgan fingerprint density at radius 2 is 1.85 bits per heavy atom. The van der Waals surface area contributed by atoms with Gasteiger partial charge in [0.25, 0.3) is 5.91 Å². The van der Waals surface area contributed by atoms with Gasteiger partial charge in [-0.3, -0.25) is 4.79 Å². The molecule has 0 heterocycles. The standard InChI is InChI=1S/C19H20N2O5/c1-3-25-18(22)13-26-17-7-5-4-6-15(17)12-20-21-19(23)14-8-10-16(24-2)11-9-14/h4-12H,3,13H2,1-2H3,(H,21,23)/b20-12+. The summed E-state index contributed by atoms with van der Waals surface area (Å²) in [6, 6.07) is 13.7. The van der Waals surface area contributed by atoms with Crippen LogP contribution in [0.3, 0.4) is 0 Å². The van der Waals surface area contributed by atoms with Gasteiger partial charge in [-0.1, -0.05) is 12.1 Å². The van der Waals surface area contributed by atoms with Crippen LogP contribution >= 0.6 is 0 Å². The van der Waals surface area contributed by atoms with Crippen molar-refractivity contribution in [3.05, 3.63) is 59.7 Å². The smallest absolute Gasteiger partial charge is 0.344 e. The van der Waals surface area contributed by atoms with Crippen molar-refractivity contribution in [3.8, 4) is 11.5 Å². The summed E-state index contributed by atoms with van der Waals surface area (Å²) in [4.78, 5) is 23.4. The molecule has 0 unspecified atom stereocenters. The van der Waals surface area contributed by atoms with Gasteiger partial charge in [0.2, 0.25) is 0 Å². The Labute approximate surface area is 151 Å². The summed E-state index contributed by atoms with van der Waals surface area (Å²) >= 11 is 0.